The molecule has 6 amide bonds. The van der Waals surface area contributed by atoms with Gasteiger partial charge >= 0.3 is 24.8 Å². The summed E-state index contributed by atoms with van der Waals surface area (Å²) < 4.78 is 108. The number of nitrogens with zero attached hydrogens (tertiary/aromatic N) is 4. The molecule has 7 rings (SSSR count). The third-order valence-electron chi connectivity index (χ3n) is 11.9. The van der Waals surface area contributed by atoms with Crippen molar-refractivity contribution in [1.29, 1.82) is 0 Å². The standard InChI is InChI=1S/C29H33F3N4O5S.C24H25F3N4O5S/c1-39-22-13-14-23(25(17-22)40-2)26(37)35-28-36(16-6-15-33-27(38)34-20-7-4-3-5-8-20)24(18-42-28)19-9-11-21(12-10-19)41-29(30,31)32;1-28-22(33)29-11-4-12-31-19(15-5-7-16(8-6-15)36-24(25,26)27)14-37-23(31)30-21(32)18-10-9-17(34-2)13-20(18)35-3/h9-14,17-18,20H,3-8,15-16H2,1-2H3,(H2,33,34,38);5-10,13-14H,4,11-12H2,1-3H3,(H2,28,29,33). The Balaban J connectivity index is 0.000000257. The second kappa shape index (κ2) is 28.6. The molecule has 6 aromatic rings. The van der Waals surface area contributed by atoms with E-state index in [0.29, 0.717) is 94.1 Å². The van der Waals surface area contributed by atoms with Crippen molar-refractivity contribution in [1.82, 2.24) is 30.4 Å². The van der Waals surface area contributed by atoms with Crippen LogP contribution in [0.5, 0.6) is 34.5 Å². The first-order valence-corrected chi connectivity index (χ1v) is 26.3. The number of amides is 6. The zero-order valence-electron chi connectivity index (χ0n) is 43.5. The largest absolute Gasteiger partial charge is 0.573 e. The number of urea groups is 2. The summed E-state index contributed by atoms with van der Waals surface area (Å²) in [6.07, 6.45) is -3.20. The lowest BCUT2D eigenvalue weighted by atomic mass is 9.96. The topological polar surface area (TPSA) is 206 Å². The number of benzene rings is 4. The van der Waals surface area contributed by atoms with Crippen LogP contribution in [-0.4, -0.2) is 100 Å². The summed E-state index contributed by atoms with van der Waals surface area (Å²) in [6.45, 7) is 1.48. The second-order valence-electron chi connectivity index (χ2n) is 17.2. The number of rotatable bonds is 19. The number of aromatic nitrogens is 2. The summed E-state index contributed by atoms with van der Waals surface area (Å²) in [7, 11) is 7.38. The lowest BCUT2D eigenvalue weighted by Gasteiger charge is -2.22. The van der Waals surface area contributed by atoms with Gasteiger partial charge in [-0.05, 0) is 110 Å². The molecule has 2 heterocycles. The number of hydrogen-bond acceptors (Lipinski definition) is 12. The molecule has 424 valence electrons. The molecule has 1 saturated carbocycles. The fourth-order valence-electron chi connectivity index (χ4n) is 8.08. The molecule has 0 aliphatic heterocycles. The van der Waals surface area contributed by atoms with E-state index < -0.39 is 24.5 Å². The Labute approximate surface area is 458 Å². The van der Waals surface area contributed by atoms with E-state index in [0.717, 1.165) is 25.7 Å². The molecule has 2 aromatic heterocycles. The molecule has 0 bridgehead atoms. The van der Waals surface area contributed by atoms with Crippen molar-refractivity contribution in [3.8, 4) is 57.0 Å². The van der Waals surface area contributed by atoms with Crippen LogP contribution in [0.25, 0.3) is 22.5 Å². The number of carbonyl (C=O) groups is 4. The zero-order valence-corrected chi connectivity index (χ0v) is 45.2. The molecule has 1 fully saturated rings. The molecule has 4 N–H and O–H groups in total. The maximum Gasteiger partial charge on any atom is 0.573 e. The van der Waals surface area contributed by atoms with Crippen LogP contribution in [0, 0.1) is 0 Å². The van der Waals surface area contributed by atoms with Gasteiger partial charge in [0.25, 0.3) is 11.8 Å². The monoisotopic (exact) mass is 1140 g/mol. The van der Waals surface area contributed by atoms with Gasteiger partial charge in [-0.1, -0.05) is 19.3 Å². The Morgan fingerprint density at radius 3 is 1.35 bits per heavy atom. The average molecular weight is 1150 g/mol. The van der Waals surface area contributed by atoms with Crippen LogP contribution in [0.4, 0.5) is 35.9 Å². The van der Waals surface area contributed by atoms with Gasteiger partial charge in [-0.2, -0.15) is 9.98 Å². The van der Waals surface area contributed by atoms with Crippen LogP contribution in [0.2, 0.25) is 0 Å². The zero-order chi connectivity index (χ0) is 57.1. The smallest absolute Gasteiger partial charge is 0.497 e. The maximum atomic E-state index is 13.2. The third kappa shape index (κ3) is 18.0. The van der Waals surface area contributed by atoms with E-state index in [1.54, 1.807) is 56.3 Å². The van der Waals surface area contributed by atoms with Crippen LogP contribution in [0.1, 0.15) is 65.7 Å². The van der Waals surface area contributed by atoms with Crippen LogP contribution in [0.15, 0.2) is 106 Å². The highest BCUT2D eigenvalue weighted by molar-refractivity contribution is 7.07. The van der Waals surface area contributed by atoms with Crippen molar-refractivity contribution in [3.63, 3.8) is 0 Å². The van der Waals surface area contributed by atoms with Crippen LogP contribution >= 0.6 is 22.7 Å². The maximum absolute atomic E-state index is 13.2. The van der Waals surface area contributed by atoms with Crippen LogP contribution in [0.3, 0.4) is 0 Å². The number of carbonyl (C=O) groups excluding carboxylic acids is 4. The van der Waals surface area contributed by atoms with Crippen molar-refractivity contribution >= 4 is 46.6 Å². The molecule has 79 heavy (non-hydrogen) atoms. The highest BCUT2D eigenvalue weighted by Crippen LogP contribution is 2.31. The van der Waals surface area contributed by atoms with Crippen molar-refractivity contribution in [2.75, 3.05) is 48.6 Å². The van der Waals surface area contributed by atoms with Gasteiger partial charge < -0.3 is 58.8 Å². The van der Waals surface area contributed by atoms with E-state index in [4.69, 9.17) is 18.9 Å². The van der Waals surface area contributed by atoms with Gasteiger partial charge in [0.15, 0.2) is 9.60 Å². The Morgan fingerprint density at radius 1 is 0.570 bits per heavy atom. The van der Waals surface area contributed by atoms with E-state index in [1.165, 1.54) is 113 Å². The summed E-state index contributed by atoms with van der Waals surface area (Å²) in [6, 6.07) is 20.0. The highest BCUT2D eigenvalue weighted by Gasteiger charge is 2.32. The van der Waals surface area contributed by atoms with Crippen molar-refractivity contribution in [2.24, 2.45) is 9.98 Å². The number of ether oxygens (including phenoxy) is 6. The lowest BCUT2D eigenvalue weighted by Crippen LogP contribution is -2.43. The molecule has 1 aliphatic carbocycles. The molecule has 26 heteroatoms. The normalized spacial score (nSPS) is 13.1. The van der Waals surface area contributed by atoms with Gasteiger partial charge in [0, 0.05) is 62.2 Å². The molecule has 1 aliphatic rings. The molecule has 0 saturated heterocycles. The van der Waals surface area contributed by atoms with Gasteiger partial charge in [-0.3, -0.25) is 9.59 Å². The number of nitrogens with one attached hydrogen (secondary N) is 4. The number of methoxy groups -OCH3 is 4. The summed E-state index contributed by atoms with van der Waals surface area (Å²) >= 11 is 2.41. The van der Waals surface area contributed by atoms with Gasteiger partial charge in [0.1, 0.15) is 34.5 Å². The second-order valence-corrected chi connectivity index (χ2v) is 18.8. The minimum absolute atomic E-state index is 0.187. The Kier molecular flexibility index (Phi) is 21.8. The Morgan fingerprint density at radius 2 is 0.975 bits per heavy atom. The average Bonchev–Trinajstić information content (AvgIpc) is 4.08. The quantitative estimate of drug-likeness (QED) is 0.0446. The minimum Gasteiger partial charge on any atom is -0.497 e. The van der Waals surface area contributed by atoms with Gasteiger partial charge in [-0.15, -0.1) is 49.0 Å². The molecule has 0 spiro atoms. The van der Waals surface area contributed by atoms with Crippen LogP contribution < -0.4 is 59.3 Å². The first-order valence-electron chi connectivity index (χ1n) is 24.5. The van der Waals surface area contributed by atoms with E-state index in [9.17, 15) is 45.5 Å². The SMILES string of the molecule is CNC(=O)NCCCn1c(-c2ccc(OC(F)(F)F)cc2)csc1=NC(=O)c1ccc(OC)cc1OC.COc1ccc(C(=O)N=c2scc(-c3ccc(OC(F)(F)F)cc3)n2CCCNC(=O)NC2CCCCC2)c(OC)c1. The Hall–Kier alpha value is -8.00. The van der Waals surface area contributed by atoms with E-state index in [1.807, 2.05) is 0 Å². The first kappa shape index (κ1) is 60.2. The number of thiazole rings is 2. The van der Waals surface area contributed by atoms with Crippen molar-refractivity contribution < 1.29 is 73.9 Å². The number of hydrogen-bond donors (Lipinski definition) is 4. The van der Waals surface area contributed by atoms with Crippen LogP contribution in [-0.2, 0) is 13.1 Å². The fourth-order valence-corrected chi connectivity index (χ4v) is 9.95. The number of alkyl halides is 6. The molecule has 0 radical (unpaired) electrons. The van der Waals surface area contributed by atoms with Gasteiger partial charge in [0.05, 0.1) is 51.0 Å². The highest BCUT2D eigenvalue weighted by atomic mass is 32.1. The van der Waals surface area contributed by atoms with Crippen molar-refractivity contribution in [2.45, 2.75) is 76.8 Å². The minimum atomic E-state index is -4.80. The number of halogens is 6. The van der Waals surface area contributed by atoms with Crippen molar-refractivity contribution in [3.05, 3.63) is 116 Å². The summed E-state index contributed by atoms with van der Waals surface area (Å²) in [5.74, 6) is -0.119. The van der Waals surface area contributed by atoms with E-state index in [2.05, 4.69) is 40.7 Å². The van der Waals surface area contributed by atoms with E-state index >= 15 is 0 Å². The van der Waals surface area contributed by atoms with E-state index in [-0.39, 0.29) is 40.7 Å². The molecular formula is C53H58F6N8O10S2. The van der Waals surface area contributed by atoms with Gasteiger partial charge in [-0.25, -0.2) is 9.59 Å². The summed E-state index contributed by atoms with van der Waals surface area (Å²) in [4.78, 5) is 59.5. The summed E-state index contributed by atoms with van der Waals surface area (Å²) in [5.41, 5.74) is 2.98. The molecule has 18 nitrogen and oxygen atoms in total. The molecule has 4 aromatic carbocycles. The fraction of sp³-hybridized carbons (Fsp3) is 0.358. The Bertz CT molecular complexity index is 3150. The molecule has 0 unspecified atom stereocenters. The third-order valence-corrected chi connectivity index (χ3v) is 13.6. The molecular weight excluding hydrogens is 1090 g/mol. The predicted octanol–water partition coefficient (Wildman–Crippen LogP) is 10.1. The predicted molar refractivity (Wildman–Crippen MR) is 283 cm³/mol. The summed E-state index contributed by atoms with van der Waals surface area (Å²) in [5, 5.41) is 14.6. The lowest BCUT2D eigenvalue weighted by molar-refractivity contribution is -0.275. The molecule has 0 atom stereocenters. The first-order chi connectivity index (χ1) is 37.8. The van der Waals surface area contributed by atoms with Gasteiger partial charge in [0.2, 0.25) is 0 Å².